The van der Waals surface area contributed by atoms with Gasteiger partial charge in [-0.05, 0) is 38.1 Å². The minimum absolute atomic E-state index is 0.150. The Morgan fingerprint density at radius 3 is 2.42 bits per heavy atom. The van der Waals surface area contributed by atoms with Crippen LogP contribution in [0.25, 0.3) is 0 Å². The minimum Gasteiger partial charge on any atom is -0.492 e. The van der Waals surface area contributed by atoms with E-state index in [9.17, 15) is 9.59 Å². The Morgan fingerprint density at radius 1 is 1.08 bits per heavy atom. The molecule has 0 aliphatic carbocycles. The van der Waals surface area contributed by atoms with Crippen LogP contribution in [0.1, 0.15) is 13.8 Å². The molecule has 2 N–H and O–H groups in total. The largest absolute Gasteiger partial charge is 0.492 e. The highest BCUT2D eigenvalue weighted by molar-refractivity contribution is 8.01. The maximum Gasteiger partial charge on any atom is 0.237 e. The zero-order chi connectivity index (χ0) is 18.9. The number of carbonyl (C=O) groups is 2. The predicted molar refractivity (Wildman–Crippen MR) is 108 cm³/mol. The van der Waals surface area contributed by atoms with Crippen molar-refractivity contribution in [3.8, 4) is 5.75 Å². The lowest BCUT2D eigenvalue weighted by Crippen LogP contribution is -2.25. The summed E-state index contributed by atoms with van der Waals surface area (Å²) in [6, 6.07) is 14.3. The Bertz CT molecular complexity index is 770. The topological polar surface area (TPSA) is 67.4 Å². The number of para-hydroxylation sites is 3. The molecule has 0 heterocycles. The Balaban J connectivity index is 1.85. The van der Waals surface area contributed by atoms with E-state index in [4.69, 9.17) is 16.3 Å². The van der Waals surface area contributed by atoms with E-state index in [2.05, 4.69) is 10.6 Å². The van der Waals surface area contributed by atoms with Gasteiger partial charge in [-0.15, -0.1) is 11.8 Å². The molecule has 0 saturated carbocycles. The maximum absolute atomic E-state index is 12.2. The Kier molecular flexibility index (Phi) is 7.81. The summed E-state index contributed by atoms with van der Waals surface area (Å²) in [7, 11) is 0. The summed E-state index contributed by atoms with van der Waals surface area (Å²) in [6.07, 6.45) is 0. The number of benzene rings is 2. The molecule has 0 radical (unpaired) electrons. The van der Waals surface area contributed by atoms with Gasteiger partial charge in [-0.1, -0.05) is 35.9 Å². The zero-order valence-corrected chi connectivity index (χ0v) is 16.2. The summed E-state index contributed by atoms with van der Waals surface area (Å²) in [5.41, 5.74) is 1.18. The lowest BCUT2D eigenvalue weighted by molar-refractivity contribution is -0.115. The van der Waals surface area contributed by atoms with Gasteiger partial charge in [0.25, 0.3) is 0 Å². The molecule has 2 amide bonds. The van der Waals surface area contributed by atoms with Gasteiger partial charge in [0.15, 0.2) is 0 Å². The fourth-order valence-electron chi connectivity index (χ4n) is 2.11. The Labute approximate surface area is 162 Å². The summed E-state index contributed by atoms with van der Waals surface area (Å²) in [4.78, 5) is 24.4. The number of carbonyl (C=O) groups excluding carboxylic acids is 2. The molecule has 0 aromatic heterocycles. The van der Waals surface area contributed by atoms with Crippen LogP contribution in [-0.4, -0.2) is 29.4 Å². The van der Waals surface area contributed by atoms with E-state index in [0.29, 0.717) is 28.8 Å². The van der Waals surface area contributed by atoms with Crippen molar-refractivity contribution in [1.29, 1.82) is 0 Å². The molecule has 0 fully saturated rings. The third-order valence-corrected chi connectivity index (χ3v) is 4.90. The highest BCUT2D eigenvalue weighted by Crippen LogP contribution is 2.25. The van der Waals surface area contributed by atoms with Crippen LogP contribution in [-0.2, 0) is 9.59 Å². The summed E-state index contributed by atoms with van der Waals surface area (Å²) in [5, 5.41) is 5.65. The van der Waals surface area contributed by atoms with Crippen molar-refractivity contribution in [2.75, 3.05) is 23.0 Å². The number of ether oxygens (including phenoxy) is 1. The van der Waals surface area contributed by atoms with Gasteiger partial charge in [0, 0.05) is 0 Å². The number of hydrogen-bond acceptors (Lipinski definition) is 4. The number of hydrogen-bond donors (Lipinski definition) is 2. The first-order chi connectivity index (χ1) is 12.5. The number of halogens is 1. The molecule has 0 saturated heterocycles. The van der Waals surface area contributed by atoms with Gasteiger partial charge in [-0.2, -0.15) is 0 Å². The molecule has 0 spiro atoms. The van der Waals surface area contributed by atoms with E-state index in [1.807, 2.05) is 19.1 Å². The molecule has 0 aliphatic rings. The van der Waals surface area contributed by atoms with Crippen molar-refractivity contribution in [2.45, 2.75) is 19.1 Å². The van der Waals surface area contributed by atoms with Crippen molar-refractivity contribution < 1.29 is 14.3 Å². The van der Waals surface area contributed by atoms with Crippen LogP contribution in [0, 0.1) is 0 Å². The number of amides is 2. The van der Waals surface area contributed by atoms with Crippen molar-refractivity contribution in [3.63, 3.8) is 0 Å². The summed E-state index contributed by atoms with van der Waals surface area (Å²) >= 11 is 7.28. The molecule has 1 unspecified atom stereocenters. The Morgan fingerprint density at radius 2 is 1.73 bits per heavy atom. The van der Waals surface area contributed by atoms with Gasteiger partial charge in [-0.3, -0.25) is 9.59 Å². The van der Waals surface area contributed by atoms with Crippen LogP contribution in [0.2, 0.25) is 5.02 Å². The fourth-order valence-corrected chi connectivity index (χ4v) is 2.98. The molecule has 138 valence electrons. The van der Waals surface area contributed by atoms with E-state index in [1.54, 1.807) is 43.3 Å². The molecule has 2 aromatic carbocycles. The second-order valence-electron chi connectivity index (χ2n) is 5.40. The monoisotopic (exact) mass is 392 g/mol. The molecule has 2 rings (SSSR count). The van der Waals surface area contributed by atoms with E-state index < -0.39 is 5.25 Å². The highest BCUT2D eigenvalue weighted by atomic mass is 35.5. The standard InChI is InChI=1S/C19H21ClN2O3S/c1-3-25-17-11-7-6-10-16(17)21-18(23)12-26-13(2)19(24)22-15-9-5-4-8-14(15)20/h4-11,13H,3,12H2,1-2H3,(H,21,23)(H,22,24). The number of anilines is 2. The summed E-state index contributed by atoms with van der Waals surface area (Å²) < 4.78 is 5.48. The molecule has 0 aliphatic heterocycles. The van der Waals surface area contributed by atoms with Crippen molar-refractivity contribution in [1.82, 2.24) is 0 Å². The molecular formula is C19H21ClN2O3S. The lowest BCUT2D eigenvalue weighted by Gasteiger charge is -2.14. The van der Waals surface area contributed by atoms with Gasteiger partial charge in [-0.25, -0.2) is 0 Å². The fraction of sp³-hybridized carbons (Fsp3) is 0.263. The molecular weight excluding hydrogens is 372 g/mol. The smallest absolute Gasteiger partial charge is 0.237 e. The van der Waals surface area contributed by atoms with Crippen LogP contribution < -0.4 is 15.4 Å². The molecule has 5 nitrogen and oxygen atoms in total. The van der Waals surface area contributed by atoms with Gasteiger partial charge in [0.05, 0.1) is 34.0 Å². The van der Waals surface area contributed by atoms with Crippen molar-refractivity contribution >= 4 is 46.6 Å². The number of nitrogens with one attached hydrogen (secondary N) is 2. The Hall–Kier alpha value is -2.18. The predicted octanol–water partition coefficient (Wildman–Crippen LogP) is 4.44. The second kappa shape index (κ2) is 10.1. The maximum atomic E-state index is 12.2. The normalized spacial score (nSPS) is 11.5. The first kappa shape index (κ1) is 20.1. The van der Waals surface area contributed by atoms with E-state index >= 15 is 0 Å². The molecule has 1 atom stereocenters. The van der Waals surface area contributed by atoms with E-state index in [0.717, 1.165) is 0 Å². The van der Waals surface area contributed by atoms with Gasteiger partial charge < -0.3 is 15.4 Å². The average molecular weight is 393 g/mol. The van der Waals surface area contributed by atoms with Crippen molar-refractivity contribution in [3.05, 3.63) is 53.6 Å². The van der Waals surface area contributed by atoms with Crippen molar-refractivity contribution in [2.24, 2.45) is 0 Å². The average Bonchev–Trinajstić information content (AvgIpc) is 2.63. The van der Waals surface area contributed by atoms with E-state index in [1.165, 1.54) is 11.8 Å². The minimum atomic E-state index is -0.404. The summed E-state index contributed by atoms with van der Waals surface area (Å²) in [5.74, 6) is 0.375. The lowest BCUT2D eigenvalue weighted by atomic mass is 10.3. The first-order valence-electron chi connectivity index (χ1n) is 8.20. The summed E-state index contributed by atoms with van der Waals surface area (Å²) in [6.45, 7) is 4.15. The van der Waals surface area contributed by atoms with Crippen LogP contribution in [0.3, 0.4) is 0 Å². The van der Waals surface area contributed by atoms with Crippen LogP contribution in [0.15, 0.2) is 48.5 Å². The molecule has 26 heavy (non-hydrogen) atoms. The highest BCUT2D eigenvalue weighted by Gasteiger charge is 2.17. The molecule has 2 aromatic rings. The van der Waals surface area contributed by atoms with Gasteiger partial charge in [0.1, 0.15) is 5.75 Å². The van der Waals surface area contributed by atoms with Gasteiger partial charge >= 0.3 is 0 Å². The second-order valence-corrected chi connectivity index (χ2v) is 7.14. The number of thioether (sulfide) groups is 1. The van der Waals surface area contributed by atoms with Gasteiger partial charge in [0.2, 0.25) is 11.8 Å². The SMILES string of the molecule is CCOc1ccccc1NC(=O)CSC(C)C(=O)Nc1ccccc1Cl. The third-order valence-electron chi connectivity index (χ3n) is 3.43. The number of rotatable bonds is 8. The third kappa shape index (κ3) is 5.97. The molecule has 0 bridgehead atoms. The van der Waals surface area contributed by atoms with Crippen LogP contribution in [0.5, 0.6) is 5.75 Å². The van der Waals surface area contributed by atoms with E-state index in [-0.39, 0.29) is 17.6 Å². The first-order valence-corrected chi connectivity index (χ1v) is 9.62. The molecule has 7 heteroatoms. The van der Waals surface area contributed by atoms with Crippen LogP contribution in [0.4, 0.5) is 11.4 Å². The quantitative estimate of drug-likeness (QED) is 0.697. The van der Waals surface area contributed by atoms with Crippen LogP contribution >= 0.6 is 23.4 Å². The zero-order valence-electron chi connectivity index (χ0n) is 14.6.